The number of nitro groups is 1. The van der Waals surface area contributed by atoms with E-state index in [9.17, 15) is 14.9 Å². The molecule has 1 amide bonds. The number of rotatable bonds is 6. The molecule has 2 rings (SSSR count). The van der Waals surface area contributed by atoms with Crippen molar-refractivity contribution in [2.24, 2.45) is 0 Å². The maximum Gasteiger partial charge on any atom is 0.320 e. The van der Waals surface area contributed by atoms with Crippen LogP contribution < -0.4 is 0 Å². The Labute approximate surface area is 127 Å². The maximum atomic E-state index is 12.6. The molecule has 0 aliphatic rings. The Bertz CT molecular complexity index is 690. The molecule has 2 aromatic rings. The number of carbonyl (C=O) groups excluding carboxylic acids is 1. The van der Waals surface area contributed by atoms with Gasteiger partial charge in [-0.05, 0) is 19.9 Å². The van der Waals surface area contributed by atoms with Crippen molar-refractivity contribution >= 4 is 11.6 Å². The van der Waals surface area contributed by atoms with Crippen LogP contribution >= 0.6 is 0 Å². The second-order valence-corrected chi connectivity index (χ2v) is 4.75. The monoisotopic (exact) mass is 306 g/mol. The quantitative estimate of drug-likeness (QED) is 0.591. The standard InChI is InChI=1S/C13H18N6O3/c1-4-17-10(6-7-14-17)9-16(3)13(20)12-11(19(21)22)8-15-18(12)5-2/h6-8H,4-5,9H2,1-3H3. The van der Waals surface area contributed by atoms with E-state index in [1.807, 2.05) is 13.0 Å². The Morgan fingerprint density at radius 3 is 2.59 bits per heavy atom. The van der Waals surface area contributed by atoms with Crippen molar-refractivity contribution in [1.29, 1.82) is 0 Å². The van der Waals surface area contributed by atoms with E-state index in [1.165, 1.54) is 9.58 Å². The molecule has 0 saturated heterocycles. The first-order chi connectivity index (χ1) is 10.5. The zero-order valence-electron chi connectivity index (χ0n) is 12.8. The second kappa shape index (κ2) is 6.37. The van der Waals surface area contributed by atoms with Crippen molar-refractivity contribution < 1.29 is 9.72 Å². The average molecular weight is 306 g/mol. The predicted molar refractivity (Wildman–Crippen MR) is 78.3 cm³/mol. The Balaban J connectivity index is 2.27. The highest BCUT2D eigenvalue weighted by molar-refractivity contribution is 5.96. The van der Waals surface area contributed by atoms with E-state index in [0.29, 0.717) is 19.6 Å². The first-order valence-electron chi connectivity index (χ1n) is 6.95. The van der Waals surface area contributed by atoms with Crippen LogP contribution in [0.15, 0.2) is 18.5 Å². The molecule has 22 heavy (non-hydrogen) atoms. The topological polar surface area (TPSA) is 99.1 Å². The fraction of sp³-hybridized carbons (Fsp3) is 0.462. The van der Waals surface area contributed by atoms with Gasteiger partial charge in [0.25, 0.3) is 5.91 Å². The predicted octanol–water partition coefficient (Wildman–Crippen LogP) is 1.30. The van der Waals surface area contributed by atoms with Crippen LogP contribution in [0.5, 0.6) is 0 Å². The van der Waals surface area contributed by atoms with Gasteiger partial charge in [-0.3, -0.25) is 24.3 Å². The van der Waals surface area contributed by atoms with Crippen molar-refractivity contribution in [3.05, 3.63) is 40.0 Å². The minimum atomic E-state index is -0.587. The van der Waals surface area contributed by atoms with E-state index in [4.69, 9.17) is 0 Å². The lowest BCUT2D eigenvalue weighted by Crippen LogP contribution is -2.30. The molecule has 0 radical (unpaired) electrons. The van der Waals surface area contributed by atoms with E-state index >= 15 is 0 Å². The summed E-state index contributed by atoms with van der Waals surface area (Å²) < 4.78 is 3.11. The normalized spacial score (nSPS) is 10.7. The summed E-state index contributed by atoms with van der Waals surface area (Å²) in [5, 5.41) is 19.1. The molecule has 0 N–H and O–H groups in total. The molecular formula is C13H18N6O3. The highest BCUT2D eigenvalue weighted by Gasteiger charge is 2.28. The lowest BCUT2D eigenvalue weighted by Gasteiger charge is -2.17. The first-order valence-corrected chi connectivity index (χ1v) is 6.95. The van der Waals surface area contributed by atoms with Crippen LogP contribution in [-0.4, -0.2) is 42.3 Å². The van der Waals surface area contributed by atoms with Gasteiger partial charge in [0.2, 0.25) is 5.69 Å². The number of hydrogen-bond donors (Lipinski definition) is 0. The van der Waals surface area contributed by atoms with Gasteiger partial charge in [0, 0.05) is 26.3 Å². The largest absolute Gasteiger partial charge is 0.334 e. The highest BCUT2D eigenvalue weighted by Crippen LogP contribution is 2.20. The van der Waals surface area contributed by atoms with Gasteiger partial charge in [0.15, 0.2) is 0 Å². The Hall–Kier alpha value is -2.71. The van der Waals surface area contributed by atoms with Gasteiger partial charge >= 0.3 is 5.69 Å². The van der Waals surface area contributed by atoms with Crippen molar-refractivity contribution in [3.63, 3.8) is 0 Å². The molecule has 2 heterocycles. The summed E-state index contributed by atoms with van der Waals surface area (Å²) in [6.45, 7) is 5.13. The molecule has 0 aromatic carbocycles. The van der Waals surface area contributed by atoms with Gasteiger partial charge in [0.1, 0.15) is 6.20 Å². The summed E-state index contributed by atoms with van der Waals surface area (Å²) in [6, 6.07) is 1.82. The minimum absolute atomic E-state index is 0.00226. The molecule has 0 aliphatic heterocycles. The van der Waals surface area contributed by atoms with Crippen molar-refractivity contribution in [1.82, 2.24) is 24.5 Å². The molecule has 9 nitrogen and oxygen atoms in total. The Kier molecular flexibility index (Phi) is 4.54. The van der Waals surface area contributed by atoms with E-state index in [1.54, 1.807) is 24.9 Å². The van der Waals surface area contributed by atoms with Gasteiger partial charge in [0.05, 0.1) is 17.2 Å². The van der Waals surface area contributed by atoms with Crippen LogP contribution in [0.1, 0.15) is 30.0 Å². The second-order valence-electron chi connectivity index (χ2n) is 4.75. The highest BCUT2D eigenvalue weighted by atomic mass is 16.6. The van der Waals surface area contributed by atoms with Gasteiger partial charge in [-0.25, -0.2) is 0 Å². The average Bonchev–Trinajstić information content (AvgIpc) is 3.11. The minimum Gasteiger partial charge on any atom is -0.334 e. The van der Waals surface area contributed by atoms with Crippen LogP contribution in [0.25, 0.3) is 0 Å². The van der Waals surface area contributed by atoms with E-state index in [2.05, 4.69) is 10.2 Å². The zero-order valence-corrected chi connectivity index (χ0v) is 12.8. The van der Waals surface area contributed by atoms with Crippen molar-refractivity contribution in [2.45, 2.75) is 33.5 Å². The molecule has 0 unspecified atom stereocenters. The third-order valence-corrected chi connectivity index (χ3v) is 3.37. The van der Waals surface area contributed by atoms with Crippen LogP contribution in [-0.2, 0) is 19.6 Å². The van der Waals surface area contributed by atoms with Gasteiger partial charge in [-0.15, -0.1) is 0 Å². The third-order valence-electron chi connectivity index (χ3n) is 3.37. The van der Waals surface area contributed by atoms with Gasteiger partial charge < -0.3 is 4.90 Å². The lowest BCUT2D eigenvalue weighted by molar-refractivity contribution is -0.385. The molecule has 0 saturated carbocycles. The number of carbonyl (C=O) groups is 1. The Morgan fingerprint density at radius 2 is 2.00 bits per heavy atom. The van der Waals surface area contributed by atoms with Gasteiger partial charge in [-0.1, -0.05) is 0 Å². The number of nitrogens with zero attached hydrogens (tertiary/aromatic N) is 6. The number of aryl methyl sites for hydroxylation is 2. The molecule has 2 aromatic heterocycles. The van der Waals surface area contributed by atoms with Crippen LogP contribution in [0.4, 0.5) is 5.69 Å². The number of hydrogen-bond acceptors (Lipinski definition) is 5. The summed E-state index contributed by atoms with van der Waals surface area (Å²) in [6.07, 6.45) is 2.77. The summed E-state index contributed by atoms with van der Waals surface area (Å²) in [4.78, 5) is 24.5. The number of amides is 1. The summed E-state index contributed by atoms with van der Waals surface area (Å²) >= 11 is 0. The van der Waals surface area contributed by atoms with Crippen LogP contribution in [0.2, 0.25) is 0 Å². The van der Waals surface area contributed by atoms with Crippen LogP contribution in [0.3, 0.4) is 0 Å². The zero-order chi connectivity index (χ0) is 16.3. The van der Waals surface area contributed by atoms with Gasteiger partial charge in [-0.2, -0.15) is 10.2 Å². The molecule has 0 atom stereocenters. The molecule has 0 fully saturated rings. The molecule has 9 heteroatoms. The van der Waals surface area contributed by atoms with Crippen molar-refractivity contribution in [3.8, 4) is 0 Å². The van der Waals surface area contributed by atoms with Crippen molar-refractivity contribution in [2.75, 3.05) is 7.05 Å². The maximum absolute atomic E-state index is 12.6. The number of aromatic nitrogens is 4. The Morgan fingerprint density at radius 1 is 1.32 bits per heavy atom. The van der Waals surface area contributed by atoms with E-state index in [0.717, 1.165) is 11.9 Å². The summed E-state index contributed by atoms with van der Waals surface area (Å²) in [7, 11) is 1.60. The van der Waals surface area contributed by atoms with E-state index in [-0.39, 0.29) is 11.4 Å². The molecule has 0 bridgehead atoms. The third kappa shape index (κ3) is 2.83. The fourth-order valence-electron chi connectivity index (χ4n) is 2.24. The molecular weight excluding hydrogens is 288 g/mol. The molecule has 0 spiro atoms. The van der Waals surface area contributed by atoms with E-state index < -0.39 is 10.8 Å². The van der Waals surface area contributed by atoms with Crippen LogP contribution in [0, 0.1) is 10.1 Å². The molecule has 118 valence electrons. The SMILES string of the molecule is CCn1nccc1CN(C)C(=O)c1c([N+](=O)[O-])cnn1CC. The summed E-state index contributed by atoms with van der Waals surface area (Å²) in [5.41, 5.74) is 0.587. The fourth-order valence-corrected chi connectivity index (χ4v) is 2.24. The smallest absolute Gasteiger partial charge is 0.320 e. The molecule has 0 aliphatic carbocycles. The lowest BCUT2D eigenvalue weighted by atomic mass is 10.3. The first kappa shape index (κ1) is 15.7. The summed E-state index contributed by atoms with van der Waals surface area (Å²) in [5.74, 6) is -0.435.